The molecule has 0 aromatic heterocycles. The smallest absolute Gasteiger partial charge is 0.394 e. The Bertz CT molecular complexity index is 242. The number of nitrogens with one attached hydrogen (secondary N) is 1. The van der Waals surface area contributed by atoms with Gasteiger partial charge < -0.3 is 24.7 Å². The van der Waals surface area contributed by atoms with Crippen molar-refractivity contribution >= 4 is 7.75 Å². The molecular formula is C6H14NO6P. The molecule has 1 aliphatic rings. The van der Waals surface area contributed by atoms with Gasteiger partial charge in [0.25, 0.3) is 0 Å². The predicted molar refractivity (Wildman–Crippen MR) is 46.4 cm³/mol. The molecule has 4 atom stereocenters. The van der Waals surface area contributed by atoms with Gasteiger partial charge in [-0.1, -0.05) is 0 Å². The normalized spacial score (nSPS) is 38.9. The molecule has 1 rings (SSSR count). The average molecular weight is 227 g/mol. The summed E-state index contributed by atoms with van der Waals surface area (Å²) in [6.07, 6.45) is -2.40. The van der Waals surface area contributed by atoms with Crippen molar-refractivity contribution in [1.82, 2.24) is 5.09 Å². The van der Waals surface area contributed by atoms with Crippen LogP contribution in [0.4, 0.5) is 0 Å². The largest absolute Gasteiger partial charge is 0.400 e. The zero-order valence-corrected chi connectivity index (χ0v) is 8.46. The van der Waals surface area contributed by atoms with Crippen molar-refractivity contribution in [3.63, 3.8) is 0 Å². The van der Waals surface area contributed by atoms with Crippen LogP contribution in [0.2, 0.25) is 0 Å². The highest BCUT2D eigenvalue weighted by Crippen LogP contribution is 2.33. The molecule has 1 aliphatic heterocycles. The van der Waals surface area contributed by atoms with Crippen molar-refractivity contribution in [2.24, 2.45) is 0 Å². The standard InChI is InChI=1S/C6H14NO6P/c1-3-6(9)5(4(2-8)13-3)7-14(10,11)12/h3-6,8-9H,2H2,1H3,(H3,7,10,11,12)/t3-,4+,5?,6+/m0/s1. The molecule has 0 amide bonds. The molecule has 1 saturated heterocycles. The summed E-state index contributed by atoms with van der Waals surface area (Å²) in [6, 6.07) is -0.948. The maximum absolute atomic E-state index is 10.6. The van der Waals surface area contributed by atoms with E-state index >= 15 is 0 Å². The van der Waals surface area contributed by atoms with Gasteiger partial charge in [-0.3, -0.25) is 0 Å². The van der Waals surface area contributed by atoms with E-state index in [0.29, 0.717) is 0 Å². The number of aliphatic hydroxyl groups is 2. The zero-order valence-electron chi connectivity index (χ0n) is 7.57. The molecule has 8 heteroatoms. The highest BCUT2D eigenvalue weighted by Gasteiger charge is 2.43. The van der Waals surface area contributed by atoms with Gasteiger partial charge in [0.05, 0.1) is 31.0 Å². The third-order valence-corrected chi connectivity index (χ3v) is 2.77. The number of aliphatic hydroxyl groups excluding tert-OH is 2. The summed E-state index contributed by atoms with van der Waals surface area (Å²) in [6.45, 7) is 1.16. The minimum absolute atomic E-state index is 0.404. The van der Waals surface area contributed by atoms with Crippen LogP contribution in [0, 0.1) is 0 Å². The van der Waals surface area contributed by atoms with Gasteiger partial charge in [-0.05, 0) is 6.92 Å². The Labute approximate surface area is 80.9 Å². The molecular weight excluding hydrogens is 213 g/mol. The van der Waals surface area contributed by atoms with Crippen molar-refractivity contribution in [3.05, 3.63) is 0 Å². The van der Waals surface area contributed by atoms with Crippen molar-refractivity contribution in [1.29, 1.82) is 0 Å². The summed E-state index contributed by atoms with van der Waals surface area (Å²) >= 11 is 0. The molecule has 84 valence electrons. The first-order valence-electron chi connectivity index (χ1n) is 4.13. The third kappa shape index (κ3) is 2.74. The van der Waals surface area contributed by atoms with Gasteiger partial charge in [-0.15, -0.1) is 0 Å². The van der Waals surface area contributed by atoms with E-state index in [0.717, 1.165) is 0 Å². The molecule has 0 aliphatic carbocycles. The SMILES string of the molecule is C[C@@H]1O[C@H](CO)C(NP(=O)(O)O)[C@@H]1O. The Morgan fingerprint density at radius 2 is 2.07 bits per heavy atom. The Balaban J connectivity index is 2.69. The van der Waals surface area contributed by atoms with Gasteiger partial charge in [-0.25, -0.2) is 9.65 Å². The van der Waals surface area contributed by atoms with E-state index in [1.807, 2.05) is 5.09 Å². The fourth-order valence-corrected chi connectivity index (χ4v) is 2.17. The molecule has 14 heavy (non-hydrogen) atoms. The van der Waals surface area contributed by atoms with E-state index in [1.54, 1.807) is 6.92 Å². The monoisotopic (exact) mass is 227 g/mol. The number of ether oxygens (including phenoxy) is 1. The lowest BCUT2D eigenvalue weighted by Gasteiger charge is -2.20. The minimum Gasteiger partial charge on any atom is -0.394 e. The lowest BCUT2D eigenvalue weighted by atomic mass is 10.1. The van der Waals surface area contributed by atoms with E-state index in [-0.39, 0.29) is 0 Å². The van der Waals surface area contributed by atoms with Crippen LogP contribution in [0.3, 0.4) is 0 Å². The highest BCUT2D eigenvalue weighted by molar-refractivity contribution is 7.49. The molecule has 1 fully saturated rings. The number of hydrogen-bond donors (Lipinski definition) is 5. The van der Waals surface area contributed by atoms with Gasteiger partial charge in [0, 0.05) is 0 Å². The fourth-order valence-electron chi connectivity index (χ4n) is 1.46. The second kappa shape index (κ2) is 4.24. The number of hydrogen-bond acceptors (Lipinski definition) is 4. The summed E-state index contributed by atoms with van der Waals surface area (Å²) in [4.78, 5) is 17.3. The molecule has 0 saturated carbocycles. The maximum Gasteiger partial charge on any atom is 0.400 e. The van der Waals surface area contributed by atoms with Crippen molar-refractivity contribution in [2.45, 2.75) is 31.3 Å². The van der Waals surface area contributed by atoms with Gasteiger partial charge in [-0.2, -0.15) is 0 Å². The van der Waals surface area contributed by atoms with Crippen LogP contribution in [0.25, 0.3) is 0 Å². The number of rotatable bonds is 3. The van der Waals surface area contributed by atoms with Crippen LogP contribution in [-0.2, 0) is 9.30 Å². The van der Waals surface area contributed by atoms with E-state index in [2.05, 4.69) is 0 Å². The van der Waals surface area contributed by atoms with Crippen molar-refractivity contribution < 1.29 is 29.3 Å². The van der Waals surface area contributed by atoms with Crippen molar-refractivity contribution in [3.8, 4) is 0 Å². The Morgan fingerprint density at radius 3 is 2.50 bits per heavy atom. The van der Waals surface area contributed by atoms with Gasteiger partial charge in [0.1, 0.15) is 0 Å². The second-order valence-electron chi connectivity index (χ2n) is 3.25. The summed E-state index contributed by atoms with van der Waals surface area (Å²) in [5.41, 5.74) is 0. The Hall–Kier alpha value is -0.0100. The zero-order chi connectivity index (χ0) is 10.9. The third-order valence-electron chi connectivity index (χ3n) is 2.14. The van der Waals surface area contributed by atoms with Gasteiger partial charge >= 0.3 is 7.75 Å². The van der Waals surface area contributed by atoms with Crippen LogP contribution in [-0.4, -0.2) is 51.0 Å². The summed E-state index contributed by atoms with van der Waals surface area (Å²) in [5, 5.41) is 20.3. The summed E-state index contributed by atoms with van der Waals surface area (Å²) < 4.78 is 15.7. The Morgan fingerprint density at radius 1 is 1.50 bits per heavy atom. The second-order valence-corrected chi connectivity index (χ2v) is 4.60. The molecule has 0 aromatic rings. The average Bonchev–Trinajstić information content (AvgIpc) is 2.30. The lowest BCUT2D eigenvalue weighted by Crippen LogP contribution is -2.44. The van der Waals surface area contributed by atoms with Crippen LogP contribution < -0.4 is 5.09 Å². The first kappa shape index (κ1) is 12.1. The lowest BCUT2D eigenvalue weighted by molar-refractivity contribution is -0.000535. The molecule has 0 aromatic carbocycles. The molecule has 1 heterocycles. The fraction of sp³-hybridized carbons (Fsp3) is 1.00. The van der Waals surface area contributed by atoms with Crippen LogP contribution in [0.1, 0.15) is 6.92 Å². The molecule has 0 radical (unpaired) electrons. The van der Waals surface area contributed by atoms with Crippen LogP contribution >= 0.6 is 7.75 Å². The first-order chi connectivity index (χ1) is 6.35. The van der Waals surface area contributed by atoms with Gasteiger partial charge in [0.2, 0.25) is 0 Å². The quantitative estimate of drug-likeness (QED) is 0.360. The first-order valence-corrected chi connectivity index (χ1v) is 5.74. The summed E-state index contributed by atoms with van der Waals surface area (Å²) in [7, 11) is -4.43. The predicted octanol–water partition coefficient (Wildman–Crippen LogP) is -1.82. The molecule has 7 nitrogen and oxygen atoms in total. The molecule has 0 spiro atoms. The summed E-state index contributed by atoms with van der Waals surface area (Å²) in [5.74, 6) is 0. The molecule has 1 unspecified atom stereocenters. The van der Waals surface area contributed by atoms with Gasteiger partial charge in [0.15, 0.2) is 0 Å². The van der Waals surface area contributed by atoms with Crippen molar-refractivity contribution in [2.75, 3.05) is 6.61 Å². The Kier molecular flexibility index (Phi) is 3.65. The molecule has 0 bridgehead atoms. The van der Waals surface area contributed by atoms with E-state index < -0.39 is 38.7 Å². The van der Waals surface area contributed by atoms with Crippen LogP contribution in [0.5, 0.6) is 0 Å². The maximum atomic E-state index is 10.6. The highest BCUT2D eigenvalue weighted by atomic mass is 31.2. The van der Waals surface area contributed by atoms with E-state index in [4.69, 9.17) is 19.6 Å². The molecule has 5 N–H and O–H groups in total. The van der Waals surface area contributed by atoms with E-state index in [9.17, 15) is 9.67 Å². The topological polar surface area (TPSA) is 119 Å². The van der Waals surface area contributed by atoms with Crippen LogP contribution in [0.15, 0.2) is 0 Å². The minimum atomic E-state index is -4.43. The van der Waals surface area contributed by atoms with E-state index in [1.165, 1.54) is 0 Å².